The first-order valence-corrected chi connectivity index (χ1v) is 6.52. The van der Waals surface area contributed by atoms with E-state index in [9.17, 15) is 9.59 Å². The summed E-state index contributed by atoms with van der Waals surface area (Å²) < 4.78 is 10.2. The number of anilines is 1. The number of amides is 2. The van der Waals surface area contributed by atoms with Gasteiger partial charge in [0.2, 0.25) is 0 Å². The molecule has 2 N–H and O–H groups in total. The Bertz CT molecular complexity index is 591. The minimum atomic E-state index is -0.250. The van der Waals surface area contributed by atoms with Gasteiger partial charge >= 0.3 is 0 Å². The Balaban J connectivity index is 1.87. The zero-order valence-corrected chi connectivity index (χ0v) is 11.6. The smallest absolute Gasteiger partial charge is 0.258 e. The lowest BCUT2D eigenvalue weighted by molar-refractivity contribution is -0.122. The predicted octanol–water partition coefficient (Wildman–Crippen LogP) is 2.05. The van der Waals surface area contributed by atoms with Crippen molar-refractivity contribution in [3.8, 4) is 5.75 Å². The molecular weight excluding hydrogens is 272 g/mol. The first-order chi connectivity index (χ1) is 10.2. The van der Waals surface area contributed by atoms with Gasteiger partial charge in [-0.1, -0.05) is 0 Å². The fraction of sp³-hybridized carbons (Fsp3) is 0.200. The highest BCUT2D eigenvalue weighted by Gasteiger charge is 2.07. The summed E-state index contributed by atoms with van der Waals surface area (Å²) in [6.45, 7) is 2.38. The lowest BCUT2D eigenvalue weighted by Crippen LogP contribution is -2.28. The molecule has 0 saturated carbocycles. The molecular formula is C15H16N2O4. The average Bonchev–Trinajstić information content (AvgIpc) is 3.01. The number of benzene rings is 1. The van der Waals surface area contributed by atoms with E-state index in [2.05, 4.69) is 10.6 Å². The summed E-state index contributed by atoms with van der Waals surface area (Å²) in [4.78, 5) is 23.0. The van der Waals surface area contributed by atoms with Crippen LogP contribution in [0.1, 0.15) is 17.3 Å². The molecule has 2 amide bonds. The molecule has 6 heteroatoms. The molecule has 6 nitrogen and oxygen atoms in total. The zero-order valence-electron chi connectivity index (χ0n) is 11.6. The summed E-state index contributed by atoms with van der Waals surface area (Å²) >= 11 is 0. The van der Waals surface area contributed by atoms with E-state index in [-0.39, 0.29) is 18.4 Å². The van der Waals surface area contributed by atoms with E-state index >= 15 is 0 Å². The molecule has 1 heterocycles. The van der Waals surface area contributed by atoms with E-state index in [1.165, 1.54) is 12.5 Å². The molecule has 0 unspecified atom stereocenters. The summed E-state index contributed by atoms with van der Waals surface area (Å²) in [5.74, 6) is 0.136. The van der Waals surface area contributed by atoms with Crippen LogP contribution >= 0.6 is 0 Å². The largest absolute Gasteiger partial charge is 0.484 e. The van der Waals surface area contributed by atoms with Gasteiger partial charge in [0.25, 0.3) is 11.8 Å². The second-order valence-corrected chi connectivity index (χ2v) is 4.23. The fourth-order valence-electron chi connectivity index (χ4n) is 1.63. The maximum absolute atomic E-state index is 11.8. The topological polar surface area (TPSA) is 80.6 Å². The van der Waals surface area contributed by atoms with Gasteiger partial charge in [0.15, 0.2) is 6.61 Å². The van der Waals surface area contributed by atoms with Crippen LogP contribution in [0.4, 0.5) is 5.69 Å². The molecule has 0 fully saturated rings. The first-order valence-electron chi connectivity index (χ1n) is 6.52. The third-order valence-corrected chi connectivity index (χ3v) is 2.64. The van der Waals surface area contributed by atoms with Crippen molar-refractivity contribution in [1.82, 2.24) is 5.32 Å². The molecule has 1 aromatic carbocycles. The van der Waals surface area contributed by atoms with Crippen LogP contribution in [0.2, 0.25) is 0 Å². The summed E-state index contributed by atoms with van der Waals surface area (Å²) in [6.07, 6.45) is 2.81. The standard InChI is InChI=1S/C15H16N2O4/c1-2-16-14(18)10-21-13-5-3-12(4-6-13)17-15(19)11-7-8-20-9-11/h3-9H,2,10H2,1H3,(H,16,18)(H,17,19). The van der Waals surface area contributed by atoms with E-state index in [0.29, 0.717) is 23.5 Å². The molecule has 0 bridgehead atoms. The maximum atomic E-state index is 11.8. The Hall–Kier alpha value is -2.76. The molecule has 0 aliphatic heterocycles. The first kappa shape index (κ1) is 14.6. The van der Waals surface area contributed by atoms with Crippen molar-refractivity contribution in [1.29, 1.82) is 0 Å². The molecule has 2 aromatic rings. The second kappa shape index (κ2) is 7.14. The number of furan rings is 1. The van der Waals surface area contributed by atoms with Crippen LogP contribution < -0.4 is 15.4 Å². The van der Waals surface area contributed by atoms with Crippen molar-refractivity contribution in [2.45, 2.75) is 6.92 Å². The van der Waals surface area contributed by atoms with Gasteiger partial charge in [-0.3, -0.25) is 9.59 Å². The number of carbonyl (C=O) groups is 2. The molecule has 0 saturated heterocycles. The molecule has 0 spiro atoms. The maximum Gasteiger partial charge on any atom is 0.258 e. The molecule has 0 atom stereocenters. The molecule has 0 aliphatic rings. The van der Waals surface area contributed by atoms with Crippen molar-refractivity contribution in [2.24, 2.45) is 0 Å². The van der Waals surface area contributed by atoms with Crippen LogP contribution in [0.15, 0.2) is 47.3 Å². The lowest BCUT2D eigenvalue weighted by Gasteiger charge is -2.07. The molecule has 110 valence electrons. The quantitative estimate of drug-likeness (QED) is 0.852. The summed E-state index contributed by atoms with van der Waals surface area (Å²) in [5.41, 5.74) is 1.08. The second-order valence-electron chi connectivity index (χ2n) is 4.23. The van der Waals surface area contributed by atoms with Gasteiger partial charge in [0, 0.05) is 12.2 Å². The van der Waals surface area contributed by atoms with Gasteiger partial charge in [-0.25, -0.2) is 0 Å². The predicted molar refractivity (Wildman–Crippen MR) is 77.3 cm³/mol. The van der Waals surface area contributed by atoms with Gasteiger partial charge in [-0.15, -0.1) is 0 Å². The minimum Gasteiger partial charge on any atom is -0.484 e. The van der Waals surface area contributed by atoms with Crippen LogP contribution in [-0.2, 0) is 4.79 Å². The van der Waals surface area contributed by atoms with Gasteiger partial charge in [-0.2, -0.15) is 0 Å². The van der Waals surface area contributed by atoms with Gasteiger partial charge < -0.3 is 19.8 Å². The number of ether oxygens (including phenoxy) is 1. The third-order valence-electron chi connectivity index (χ3n) is 2.64. The van der Waals surface area contributed by atoms with E-state index in [4.69, 9.17) is 9.15 Å². The van der Waals surface area contributed by atoms with Crippen LogP contribution in [0.5, 0.6) is 5.75 Å². The Morgan fingerprint density at radius 1 is 1.19 bits per heavy atom. The van der Waals surface area contributed by atoms with Gasteiger partial charge in [-0.05, 0) is 37.3 Å². The van der Waals surface area contributed by atoms with Crippen molar-refractivity contribution in [2.75, 3.05) is 18.5 Å². The number of carbonyl (C=O) groups excluding carboxylic acids is 2. The van der Waals surface area contributed by atoms with Crippen molar-refractivity contribution >= 4 is 17.5 Å². The van der Waals surface area contributed by atoms with E-state index < -0.39 is 0 Å². The molecule has 0 radical (unpaired) electrons. The van der Waals surface area contributed by atoms with Crippen LogP contribution in [0.25, 0.3) is 0 Å². The number of nitrogens with one attached hydrogen (secondary N) is 2. The minimum absolute atomic E-state index is 0.0332. The molecule has 2 rings (SSSR count). The van der Waals surface area contributed by atoms with Crippen LogP contribution in [-0.4, -0.2) is 25.0 Å². The fourth-order valence-corrected chi connectivity index (χ4v) is 1.63. The van der Waals surface area contributed by atoms with E-state index in [1.54, 1.807) is 30.3 Å². The number of hydrogen-bond donors (Lipinski definition) is 2. The molecule has 1 aromatic heterocycles. The number of hydrogen-bond acceptors (Lipinski definition) is 4. The van der Waals surface area contributed by atoms with Gasteiger partial charge in [0.1, 0.15) is 12.0 Å². The van der Waals surface area contributed by atoms with Crippen molar-refractivity contribution in [3.63, 3.8) is 0 Å². The highest BCUT2D eigenvalue weighted by Crippen LogP contribution is 2.16. The SMILES string of the molecule is CCNC(=O)COc1ccc(NC(=O)c2ccoc2)cc1. The third kappa shape index (κ3) is 4.38. The monoisotopic (exact) mass is 288 g/mol. The average molecular weight is 288 g/mol. The van der Waals surface area contributed by atoms with Gasteiger partial charge in [0.05, 0.1) is 11.8 Å². The summed E-state index contributed by atoms with van der Waals surface area (Å²) in [5, 5.41) is 5.36. The van der Waals surface area contributed by atoms with Crippen LogP contribution in [0.3, 0.4) is 0 Å². The van der Waals surface area contributed by atoms with Crippen molar-refractivity contribution in [3.05, 3.63) is 48.4 Å². The van der Waals surface area contributed by atoms with Crippen LogP contribution in [0, 0.1) is 0 Å². The Labute approximate surface area is 122 Å². The summed E-state index contributed by atoms with van der Waals surface area (Å²) in [7, 11) is 0. The zero-order chi connectivity index (χ0) is 15.1. The van der Waals surface area contributed by atoms with Crippen molar-refractivity contribution < 1.29 is 18.7 Å². The number of likely N-dealkylation sites (N-methyl/N-ethyl adjacent to an activating group) is 1. The Morgan fingerprint density at radius 3 is 2.57 bits per heavy atom. The Morgan fingerprint density at radius 2 is 1.95 bits per heavy atom. The normalized spacial score (nSPS) is 9.95. The lowest BCUT2D eigenvalue weighted by atomic mass is 10.2. The molecule has 0 aliphatic carbocycles. The van der Waals surface area contributed by atoms with E-state index in [1.807, 2.05) is 6.92 Å². The number of rotatable bonds is 6. The highest BCUT2D eigenvalue weighted by molar-refractivity contribution is 6.03. The molecule has 21 heavy (non-hydrogen) atoms. The van der Waals surface area contributed by atoms with E-state index in [0.717, 1.165) is 0 Å². The highest BCUT2D eigenvalue weighted by atomic mass is 16.5. The summed E-state index contributed by atoms with van der Waals surface area (Å²) in [6, 6.07) is 8.35. The Kier molecular flexibility index (Phi) is 4.98.